The van der Waals surface area contributed by atoms with Crippen molar-refractivity contribution in [3.63, 3.8) is 0 Å². The van der Waals surface area contributed by atoms with Gasteiger partial charge in [-0.3, -0.25) is 4.79 Å². The molecule has 0 aliphatic heterocycles. The second-order valence-corrected chi connectivity index (χ2v) is 2.20. The van der Waals surface area contributed by atoms with Crippen LogP contribution < -0.4 is 16.6 Å². The highest BCUT2D eigenvalue weighted by Gasteiger charge is 1.92. The Bertz CT molecular complexity index is 382. The highest BCUT2D eigenvalue weighted by atomic mass is 16.2. The summed E-state index contributed by atoms with van der Waals surface area (Å²) in [6.07, 6.45) is 4.18. The summed E-state index contributed by atoms with van der Waals surface area (Å²) >= 11 is 0. The standard InChI is InChI=1S/C7H8N4O2/c8-7(13)11-10-4-5-3-9-2-1-6(5)12/h1-4H,(H,9,12)(H3,8,11,13)/b10-4+. The van der Waals surface area contributed by atoms with Crippen molar-refractivity contribution in [3.05, 3.63) is 34.2 Å². The van der Waals surface area contributed by atoms with Crippen molar-refractivity contribution in [2.75, 3.05) is 0 Å². The number of nitrogens with zero attached hydrogens (tertiary/aromatic N) is 1. The maximum Gasteiger partial charge on any atom is 0.332 e. The van der Waals surface area contributed by atoms with E-state index in [1.54, 1.807) is 0 Å². The van der Waals surface area contributed by atoms with Crippen LogP contribution in [0.25, 0.3) is 0 Å². The highest BCUT2D eigenvalue weighted by molar-refractivity contribution is 5.80. The summed E-state index contributed by atoms with van der Waals surface area (Å²) in [6.45, 7) is 0. The van der Waals surface area contributed by atoms with Gasteiger partial charge in [-0.15, -0.1) is 0 Å². The van der Waals surface area contributed by atoms with Gasteiger partial charge in [0, 0.05) is 18.5 Å². The first-order chi connectivity index (χ1) is 6.20. The van der Waals surface area contributed by atoms with E-state index in [9.17, 15) is 9.59 Å². The van der Waals surface area contributed by atoms with E-state index in [-0.39, 0.29) is 5.43 Å². The van der Waals surface area contributed by atoms with Crippen molar-refractivity contribution < 1.29 is 4.79 Å². The molecule has 0 atom stereocenters. The van der Waals surface area contributed by atoms with Crippen LogP contribution in [0.4, 0.5) is 4.79 Å². The molecule has 68 valence electrons. The molecule has 0 saturated heterocycles. The van der Waals surface area contributed by atoms with Gasteiger partial charge in [0.05, 0.1) is 11.8 Å². The number of aromatic amines is 1. The number of H-pyrrole nitrogens is 1. The summed E-state index contributed by atoms with van der Waals surface area (Å²) in [5.41, 5.74) is 6.88. The number of nitrogens with one attached hydrogen (secondary N) is 2. The molecule has 0 aliphatic rings. The molecule has 1 aromatic heterocycles. The summed E-state index contributed by atoms with van der Waals surface area (Å²) in [4.78, 5) is 23.9. The van der Waals surface area contributed by atoms with E-state index in [0.29, 0.717) is 5.56 Å². The molecule has 1 aromatic rings. The van der Waals surface area contributed by atoms with Gasteiger partial charge in [0.25, 0.3) is 0 Å². The van der Waals surface area contributed by atoms with E-state index < -0.39 is 6.03 Å². The van der Waals surface area contributed by atoms with Gasteiger partial charge >= 0.3 is 6.03 Å². The van der Waals surface area contributed by atoms with Gasteiger partial charge in [-0.05, 0) is 0 Å². The fourth-order valence-corrected chi connectivity index (χ4v) is 0.695. The molecule has 0 unspecified atom stereocenters. The van der Waals surface area contributed by atoms with Gasteiger partial charge in [-0.2, -0.15) is 5.10 Å². The predicted molar refractivity (Wildman–Crippen MR) is 47.4 cm³/mol. The second kappa shape index (κ2) is 4.05. The summed E-state index contributed by atoms with van der Waals surface area (Å²) in [7, 11) is 0. The molecular weight excluding hydrogens is 172 g/mol. The molecule has 6 heteroatoms. The molecule has 0 saturated carbocycles. The zero-order valence-electron chi connectivity index (χ0n) is 6.65. The second-order valence-electron chi connectivity index (χ2n) is 2.20. The lowest BCUT2D eigenvalue weighted by atomic mass is 10.3. The predicted octanol–water partition coefficient (Wildman–Crippen LogP) is -0.623. The largest absolute Gasteiger partial charge is 0.367 e. The third kappa shape index (κ3) is 2.78. The molecule has 4 N–H and O–H groups in total. The van der Waals surface area contributed by atoms with E-state index in [1.165, 1.54) is 24.7 Å². The van der Waals surface area contributed by atoms with Gasteiger partial charge in [0.1, 0.15) is 0 Å². The van der Waals surface area contributed by atoms with Crippen LogP contribution in [0.15, 0.2) is 28.4 Å². The summed E-state index contributed by atoms with van der Waals surface area (Å²) in [5, 5.41) is 3.43. The van der Waals surface area contributed by atoms with Crippen LogP contribution in [-0.4, -0.2) is 17.2 Å². The van der Waals surface area contributed by atoms with Crippen LogP contribution in [0.3, 0.4) is 0 Å². The van der Waals surface area contributed by atoms with E-state index in [1.807, 2.05) is 5.43 Å². The number of hydrazone groups is 1. The molecule has 6 nitrogen and oxygen atoms in total. The molecule has 0 aliphatic carbocycles. The number of primary amides is 1. The average Bonchev–Trinajstić information content (AvgIpc) is 2.08. The minimum absolute atomic E-state index is 0.186. The van der Waals surface area contributed by atoms with E-state index in [4.69, 9.17) is 5.73 Å². The fraction of sp³-hybridized carbons (Fsp3) is 0. The third-order valence-electron chi connectivity index (χ3n) is 1.23. The van der Waals surface area contributed by atoms with Crippen molar-refractivity contribution in [3.8, 4) is 0 Å². The van der Waals surface area contributed by atoms with Crippen molar-refractivity contribution in [1.82, 2.24) is 10.4 Å². The summed E-state index contributed by atoms with van der Waals surface area (Å²) in [6, 6.07) is 0.578. The maximum atomic E-state index is 11.0. The molecule has 2 amide bonds. The van der Waals surface area contributed by atoms with Crippen molar-refractivity contribution in [1.29, 1.82) is 0 Å². The van der Waals surface area contributed by atoms with Gasteiger partial charge in [0.15, 0.2) is 5.43 Å². The van der Waals surface area contributed by atoms with E-state index in [2.05, 4.69) is 10.1 Å². The molecule has 0 radical (unpaired) electrons. The quantitative estimate of drug-likeness (QED) is 0.417. The Morgan fingerprint density at radius 2 is 2.46 bits per heavy atom. The number of hydrogen-bond acceptors (Lipinski definition) is 3. The van der Waals surface area contributed by atoms with Crippen LogP contribution in [0.5, 0.6) is 0 Å². The molecule has 13 heavy (non-hydrogen) atoms. The Morgan fingerprint density at radius 3 is 3.08 bits per heavy atom. The normalized spacial score (nSPS) is 10.2. The average molecular weight is 180 g/mol. The van der Waals surface area contributed by atoms with Gasteiger partial charge in [-0.1, -0.05) is 0 Å². The van der Waals surface area contributed by atoms with Crippen LogP contribution >= 0.6 is 0 Å². The number of pyridine rings is 1. The van der Waals surface area contributed by atoms with Crippen LogP contribution in [0.1, 0.15) is 5.56 Å². The van der Waals surface area contributed by atoms with Gasteiger partial charge < -0.3 is 10.7 Å². The highest BCUT2D eigenvalue weighted by Crippen LogP contribution is 1.80. The number of carbonyl (C=O) groups excluding carboxylic acids is 1. The minimum atomic E-state index is -0.774. The number of urea groups is 1. The molecular formula is C7H8N4O2. The van der Waals surface area contributed by atoms with Crippen molar-refractivity contribution in [2.24, 2.45) is 10.8 Å². The van der Waals surface area contributed by atoms with E-state index in [0.717, 1.165) is 0 Å². The molecule has 0 aromatic carbocycles. The molecule has 0 bridgehead atoms. The molecule has 0 spiro atoms. The van der Waals surface area contributed by atoms with Crippen molar-refractivity contribution in [2.45, 2.75) is 0 Å². The SMILES string of the molecule is NC(=O)N/N=C/c1c[nH]ccc1=O. The lowest BCUT2D eigenvalue weighted by molar-refractivity contribution is 0.249. The first-order valence-electron chi connectivity index (χ1n) is 3.46. The molecule has 1 rings (SSSR count). The smallest absolute Gasteiger partial charge is 0.332 e. The Kier molecular flexibility index (Phi) is 2.80. The lowest BCUT2D eigenvalue weighted by Crippen LogP contribution is -2.24. The van der Waals surface area contributed by atoms with Crippen LogP contribution in [-0.2, 0) is 0 Å². The van der Waals surface area contributed by atoms with Gasteiger partial charge in [0.2, 0.25) is 0 Å². The molecule has 1 heterocycles. The first-order valence-corrected chi connectivity index (χ1v) is 3.46. The summed E-state index contributed by atoms with van der Waals surface area (Å²) < 4.78 is 0. The molecule has 0 fully saturated rings. The monoisotopic (exact) mass is 180 g/mol. The summed E-state index contributed by atoms with van der Waals surface area (Å²) in [5.74, 6) is 0. The zero-order chi connectivity index (χ0) is 9.68. The maximum absolute atomic E-state index is 11.0. The van der Waals surface area contributed by atoms with Gasteiger partial charge in [-0.25, -0.2) is 10.2 Å². The topological polar surface area (TPSA) is 100 Å². The van der Waals surface area contributed by atoms with Crippen molar-refractivity contribution >= 4 is 12.2 Å². The van der Waals surface area contributed by atoms with Crippen LogP contribution in [0.2, 0.25) is 0 Å². The number of carbonyl (C=O) groups is 1. The Hall–Kier alpha value is -2.11. The lowest BCUT2D eigenvalue weighted by Gasteiger charge is -1.91. The van der Waals surface area contributed by atoms with E-state index >= 15 is 0 Å². The number of rotatable bonds is 2. The number of amides is 2. The Morgan fingerprint density at radius 1 is 1.69 bits per heavy atom. The third-order valence-corrected chi connectivity index (χ3v) is 1.23. The minimum Gasteiger partial charge on any atom is -0.367 e. The fourth-order valence-electron chi connectivity index (χ4n) is 0.695. The number of hydrogen-bond donors (Lipinski definition) is 3. The van der Waals surface area contributed by atoms with Crippen LogP contribution in [0, 0.1) is 0 Å². The first kappa shape index (κ1) is 8.98. The zero-order valence-corrected chi connectivity index (χ0v) is 6.65. The number of aromatic nitrogens is 1. The Balaban J connectivity index is 2.75. The Labute approximate surface area is 73.5 Å². The number of nitrogens with two attached hydrogens (primary N) is 1.